The number of fused-ring (bicyclic) bond motifs is 1. The number of hydrogen-bond donors (Lipinski definition) is 0. The van der Waals surface area contributed by atoms with E-state index in [9.17, 15) is 14.0 Å². The van der Waals surface area contributed by atoms with Gasteiger partial charge in [0, 0.05) is 38.6 Å². The third-order valence-corrected chi connectivity index (χ3v) is 5.67. The predicted octanol–water partition coefficient (Wildman–Crippen LogP) is 2.04. The molecular weight excluding hydrogens is 365 g/mol. The Hall–Kier alpha value is -2.74. The summed E-state index contributed by atoms with van der Waals surface area (Å²) in [5.41, 5.74) is 1.29. The van der Waals surface area contributed by atoms with Crippen LogP contribution in [-0.4, -0.2) is 59.9 Å². The number of ether oxygens (including phenoxy) is 1. The van der Waals surface area contributed by atoms with Crippen molar-refractivity contribution in [2.75, 3.05) is 33.4 Å². The standard InChI is InChI=1S/C20H22FN3O4/c1-12-19(28-11-22-12)20(26)23-7-14-8-24(17(25)10-27-2)18(16(14)9-23)13-4-3-5-15(21)6-13/h3-6,11,14,16,18H,7-10H2,1-2H3/t14-,16-,18+/m1/s1. The minimum absolute atomic E-state index is 0.0227. The third kappa shape index (κ3) is 3.17. The van der Waals surface area contributed by atoms with Crippen molar-refractivity contribution in [2.24, 2.45) is 11.8 Å². The first-order chi connectivity index (χ1) is 13.5. The monoisotopic (exact) mass is 387 g/mol. The number of nitrogens with zero attached hydrogens (tertiary/aromatic N) is 3. The van der Waals surface area contributed by atoms with Crippen LogP contribution in [0, 0.1) is 24.6 Å². The van der Waals surface area contributed by atoms with Crippen molar-refractivity contribution in [3.63, 3.8) is 0 Å². The summed E-state index contributed by atoms with van der Waals surface area (Å²) in [5.74, 6) is -0.291. The van der Waals surface area contributed by atoms with Gasteiger partial charge in [-0.15, -0.1) is 0 Å². The van der Waals surface area contributed by atoms with E-state index < -0.39 is 0 Å². The largest absolute Gasteiger partial charge is 0.438 e. The minimum Gasteiger partial charge on any atom is -0.438 e. The Morgan fingerprint density at radius 2 is 2.14 bits per heavy atom. The number of benzene rings is 1. The number of methoxy groups -OCH3 is 1. The molecule has 0 radical (unpaired) electrons. The molecule has 28 heavy (non-hydrogen) atoms. The lowest BCUT2D eigenvalue weighted by Crippen LogP contribution is -2.39. The van der Waals surface area contributed by atoms with Crippen molar-refractivity contribution in [3.8, 4) is 0 Å². The summed E-state index contributed by atoms with van der Waals surface area (Å²) in [6.45, 7) is 3.21. The number of aryl methyl sites for hydroxylation is 1. The van der Waals surface area contributed by atoms with Crippen molar-refractivity contribution < 1.29 is 23.1 Å². The molecule has 0 spiro atoms. The Labute approximate surface area is 162 Å². The van der Waals surface area contributed by atoms with Crippen LogP contribution in [0.15, 0.2) is 35.1 Å². The molecule has 3 atom stereocenters. The van der Waals surface area contributed by atoms with Crippen molar-refractivity contribution >= 4 is 11.8 Å². The number of halogens is 1. The van der Waals surface area contributed by atoms with Gasteiger partial charge in [-0.3, -0.25) is 9.59 Å². The molecule has 0 unspecified atom stereocenters. The van der Waals surface area contributed by atoms with Crippen LogP contribution < -0.4 is 0 Å². The fourth-order valence-electron chi connectivity index (χ4n) is 4.44. The van der Waals surface area contributed by atoms with Crippen LogP contribution in [0.1, 0.15) is 27.9 Å². The molecule has 1 aromatic carbocycles. The maximum absolute atomic E-state index is 13.9. The van der Waals surface area contributed by atoms with Gasteiger partial charge < -0.3 is 19.0 Å². The molecule has 7 nitrogen and oxygen atoms in total. The van der Waals surface area contributed by atoms with Gasteiger partial charge in [0.05, 0.1) is 11.7 Å². The highest BCUT2D eigenvalue weighted by Gasteiger charge is 2.50. The second-order valence-electron chi connectivity index (χ2n) is 7.38. The topological polar surface area (TPSA) is 75.9 Å². The van der Waals surface area contributed by atoms with E-state index >= 15 is 0 Å². The van der Waals surface area contributed by atoms with Crippen LogP contribution >= 0.6 is 0 Å². The van der Waals surface area contributed by atoms with E-state index in [0.717, 1.165) is 5.56 Å². The highest BCUT2D eigenvalue weighted by molar-refractivity contribution is 5.92. The maximum atomic E-state index is 13.9. The molecule has 4 rings (SSSR count). The molecule has 0 saturated carbocycles. The smallest absolute Gasteiger partial charge is 0.291 e. The van der Waals surface area contributed by atoms with Gasteiger partial charge in [-0.1, -0.05) is 12.1 Å². The molecule has 148 valence electrons. The van der Waals surface area contributed by atoms with Gasteiger partial charge in [-0.25, -0.2) is 9.37 Å². The van der Waals surface area contributed by atoms with Gasteiger partial charge in [0.2, 0.25) is 11.7 Å². The fraction of sp³-hybridized carbons (Fsp3) is 0.450. The normalized spacial score (nSPS) is 23.9. The number of carbonyl (C=O) groups is 2. The Balaban J connectivity index is 1.61. The molecular formula is C20H22FN3O4. The summed E-state index contributed by atoms with van der Waals surface area (Å²) in [6, 6.07) is 6.03. The van der Waals surface area contributed by atoms with Crippen LogP contribution in [0.3, 0.4) is 0 Å². The summed E-state index contributed by atoms with van der Waals surface area (Å²) >= 11 is 0. The minimum atomic E-state index is -0.344. The molecule has 8 heteroatoms. The number of likely N-dealkylation sites (tertiary alicyclic amines) is 2. The van der Waals surface area contributed by atoms with Gasteiger partial charge in [-0.05, 0) is 24.6 Å². The summed E-state index contributed by atoms with van der Waals surface area (Å²) in [7, 11) is 1.48. The number of carbonyl (C=O) groups excluding carboxylic acids is 2. The van der Waals surface area contributed by atoms with E-state index in [1.54, 1.807) is 22.8 Å². The molecule has 1 aromatic heterocycles. The zero-order valence-corrected chi connectivity index (χ0v) is 15.8. The van der Waals surface area contributed by atoms with Gasteiger partial charge >= 0.3 is 0 Å². The van der Waals surface area contributed by atoms with Gasteiger partial charge in [0.15, 0.2) is 6.39 Å². The van der Waals surface area contributed by atoms with Gasteiger partial charge in [0.25, 0.3) is 5.91 Å². The lowest BCUT2D eigenvalue weighted by atomic mass is 9.89. The molecule has 2 amide bonds. The Bertz CT molecular complexity index is 899. The van der Waals surface area contributed by atoms with Gasteiger partial charge in [-0.2, -0.15) is 0 Å². The summed E-state index contributed by atoms with van der Waals surface area (Å²) in [5, 5.41) is 0. The average Bonchev–Trinajstić information content (AvgIpc) is 3.35. The van der Waals surface area contributed by atoms with Crippen molar-refractivity contribution in [2.45, 2.75) is 13.0 Å². The summed E-state index contributed by atoms with van der Waals surface area (Å²) < 4.78 is 24.1. The molecule has 0 aliphatic carbocycles. The van der Waals surface area contributed by atoms with E-state index in [0.29, 0.717) is 25.3 Å². The van der Waals surface area contributed by atoms with Crippen molar-refractivity contribution in [1.29, 1.82) is 0 Å². The number of rotatable bonds is 4. The first-order valence-electron chi connectivity index (χ1n) is 9.22. The van der Waals surface area contributed by atoms with Gasteiger partial charge in [0.1, 0.15) is 12.4 Å². The Morgan fingerprint density at radius 1 is 1.32 bits per heavy atom. The molecule has 0 N–H and O–H groups in total. The molecule has 2 fully saturated rings. The quantitative estimate of drug-likeness (QED) is 0.803. The number of aromatic nitrogens is 1. The van der Waals surface area contributed by atoms with E-state index in [2.05, 4.69) is 4.98 Å². The zero-order chi connectivity index (χ0) is 19.8. The second kappa shape index (κ2) is 7.35. The maximum Gasteiger partial charge on any atom is 0.291 e. The molecule has 2 aromatic rings. The molecule has 2 aliphatic heterocycles. The lowest BCUT2D eigenvalue weighted by Gasteiger charge is -2.29. The first-order valence-corrected chi connectivity index (χ1v) is 9.22. The summed E-state index contributed by atoms with van der Waals surface area (Å²) in [6.07, 6.45) is 1.26. The van der Waals surface area contributed by atoms with Crippen LogP contribution in [0.5, 0.6) is 0 Å². The average molecular weight is 387 g/mol. The molecule has 2 aliphatic rings. The Morgan fingerprint density at radius 3 is 2.82 bits per heavy atom. The molecule has 0 bridgehead atoms. The first kappa shape index (κ1) is 18.6. The fourth-order valence-corrected chi connectivity index (χ4v) is 4.44. The number of hydrogen-bond acceptors (Lipinski definition) is 5. The van der Waals surface area contributed by atoms with E-state index in [4.69, 9.17) is 9.15 Å². The third-order valence-electron chi connectivity index (χ3n) is 5.67. The Kier molecular flexibility index (Phi) is 4.89. The predicted molar refractivity (Wildman–Crippen MR) is 96.9 cm³/mol. The molecule has 2 saturated heterocycles. The van der Waals surface area contributed by atoms with Crippen LogP contribution in [0.2, 0.25) is 0 Å². The SMILES string of the molecule is COCC(=O)N1C[C@H]2CN(C(=O)c3ocnc3C)C[C@H]2[C@@H]1c1cccc(F)c1. The van der Waals surface area contributed by atoms with Crippen molar-refractivity contribution in [1.82, 2.24) is 14.8 Å². The van der Waals surface area contributed by atoms with E-state index in [1.807, 2.05) is 6.07 Å². The van der Waals surface area contributed by atoms with Crippen LogP contribution in [0.4, 0.5) is 4.39 Å². The zero-order valence-electron chi connectivity index (χ0n) is 15.8. The highest BCUT2D eigenvalue weighted by Crippen LogP contribution is 2.45. The second-order valence-corrected chi connectivity index (χ2v) is 7.38. The highest BCUT2D eigenvalue weighted by atomic mass is 19.1. The molecule has 3 heterocycles. The lowest BCUT2D eigenvalue weighted by molar-refractivity contribution is -0.136. The van der Waals surface area contributed by atoms with Crippen molar-refractivity contribution in [3.05, 3.63) is 53.5 Å². The van der Waals surface area contributed by atoms with Crippen LogP contribution in [0.25, 0.3) is 0 Å². The van der Waals surface area contributed by atoms with E-state index in [1.165, 1.54) is 25.6 Å². The number of amides is 2. The number of oxazole rings is 1. The summed E-state index contributed by atoms with van der Waals surface area (Å²) in [4.78, 5) is 32.9. The van der Waals surface area contributed by atoms with E-state index in [-0.39, 0.29) is 47.9 Å². The van der Waals surface area contributed by atoms with Crippen LogP contribution in [-0.2, 0) is 9.53 Å².